The highest BCUT2D eigenvalue weighted by Crippen LogP contribution is 2.25. The minimum Gasteiger partial charge on any atom is -0.456 e. The van der Waals surface area contributed by atoms with Gasteiger partial charge in [-0.15, -0.1) is 0 Å². The third kappa shape index (κ3) is 7.88. The Morgan fingerprint density at radius 3 is 2.18 bits per heavy atom. The summed E-state index contributed by atoms with van der Waals surface area (Å²) in [6.45, 7) is -0.385. The first kappa shape index (κ1) is 22.2. The van der Waals surface area contributed by atoms with Crippen molar-refractivity contribution in [2.75, 3.05) is 17.2 Å². The molecule has 0 atom stereocenters. The second-order valence-electron chi connectivity index (χ2n) is 5.75. The molecule has 0 saturated carbocycles. The molecule has 0 aliphatic carbocycles. The van der Waals surface area contributed by atoms with Crippen molar-refractivity contribution in [1.82, 2.24) is 0 Å². The molecule has 28 heavy (non-hydrogen) atoms. The van der Waals surface area contributed by atoms with Crippen LogP contribution in [0.15, 0.2) is 46.9 Å². The third-order valence-corrected chi connectivity index (χ3v) is 4.75. The van der Waals surface area contributed by atoms with Crippen molar-refractivity contribution >= 4 is 68.3 Å². The van der Waals surface area contributed by atoms with E-state index >= 15 is 0 Å². The van der Waals surface area contributed by atoms with E-state index in [1.165, 1.54) is 0 Å². The summed E-state index contributed by atoms with van der Waals surface area (Å²) in [7, 11) is 0. The van der Waals surface area contributed by atoms with Gasteiger partial charge in [-0.1, -0.05) is 39.1 Å². The topological polar surface area (TPSA) is 84.5 Å². The fourth-order valence-corrected chi connectivity index (χ4v) is 2.70. The Kier molecular flexibility index (Phi) is 8.76. The normalized spacial score (nSPS) is 10.2. The summed E-state index contributed by atoms with van der Waals surface area (Å²) in [5.41, 5.74) is 1.12. The van der Waals surface area contributed by atoms with Crippen molar-refractivity contribution in [3.8, 4) is 0 Å². The molecule has 9 heteroatoms. The molecule has 2 amide bonds. The van der Waals surface area contributed by atoms with Gasteiger partial charge in [0.15, 0.2) is 6.61 Å². The molecule has 0 aliphatic heterocycles. The maximum absolute atomic E-state index is 11.9. The SMILES string of the molecule is O=C(CCCC(=O)OCC(=O)Nc1ccc(Br)cc1)Nc1ccc(Cl)c(Cl)c1. The van der Waals surface area contributed by atoms with E-state index in [-0.39, 0.29) is 25.4 Å². The highest BCUT2D eigenvalue weighted by atomic mass is 79.9. The second-order valence-corrected chi connectivity index (χ2v) is 7.48. The van der Waals surface area contributed by atoms with E-state index in [1.807, 2.05) is 0 Å². The fourth-order valence-electron chi connectivity index (χ4n) is 2.14. The maximum atomic E-state index is 11.9. The van der Waals surface area contributed by atoms with Crippen molar-refractivity contribution in [1.29, 1.82) is 0 Å². The monoisotopic (exact) mass is 486 g/mol. The predicted molar refractivity (Wildman–Crippen MR) is 113 cm³/mol. The standard InChI is InChI=1S/C19H17BrCl2N2O4/c20-12-4-6-13(7-5-12)23-18(26)11-28-19(27)3-1-2-17(25)24-14-8-9-15(21)16(22)10-14/h4-10H,1-3,11H2,(H,23,26)(H,24,25). The number of rotatable bonds is 8. The van der Waals surface area contributed by atoms with E-state index in [1.54, 1.807) is 42.5 Å². The van der Waals surface area contributed by atoms with Gasteiger partial charge in [0.1, 0.15) is 0 Å². The van der Waals surface area contributed by atoms with E-state index < -0.39 is 11.9 Å². The molecule has 0 fully saturated rings. The van der Waals surface area contributed by atoms with E-state index in [2.05, 4.69) is 26.6 Å². The maximum Gasteiger partial charge on any atom is 0.306 e. The molecule has 6 nitrogen and oxygen atoms in total. The number of hydrogen-bond acceptors (Lipinski definition) is 4. The van der Waals surface area contributed by atoms with Gasteiger partial charge in [-0.3, -0.25) is 14.4 Å². The smallest absolute Gasteiger partial charge is 0.306 e. The largest absolute Gasteiger partial charge is 0.456 e. The molecule has 0 saturated heterocycles. The molecule has 2 rings (SSSR count). The van der Waals surface area contributed by atoms with Gasteiger partial charge in [-0.2, -0.15) is 0 Å². The Balaban J connectivity index is 1.63. The van der Waals surface area contributed by atoms with Crippen molar-refractivity contribution in [2.45, 2.75) is 19.3 Å². The van der Waals surface area contributed by atoms with Gasteiger partial charge in [0.05, 0.1) is 10.0 Å². The number of anilines is 2. The minimum atomic E-state index is -0.548. The lowest BCUT2D eigenvalue weighted by Gasteiger charge is -2.08. The zero-order valence-corrected chi connectivity index (χ0v) is 17.7. The van der Waals surface area contributed by atoms with Crippen LogP contribution >= 0.6 is 39.1 Å². The number of halogens is 3. The third-order valence-electron chi connectivity index (χ3n) is 3.48. The molecule has 0 bridgehead atoms. The van der Waals surface area contributed by atoms with Crippen molar-refractivity contribution in [2.24, 2.45) is 0 Å². The highest BCUT2D eigenvalue weighted by molar-refractivity contribution is 9.10. The predicted octanol–water partition coefficient (Wildman–Crippen LogP) is 5.05. The summed E-state index contributed by atoms with van der Waals surface area (Å²) in [6, 6.07) is 11.8. The number of esters is 1. The van der Waals surface area contributed by atoms with Crippen LogP contribution < -0.4 is 10.6 Å². The second kappa shape index (κ2) is 11.0. The molecule has 0 unspecified atom stereocenters. The number of hydrogen-bond donors (Lipinski definition) is 2. The number of nitrogens with one attached hydrogen (secondary N) is 2. The highest BCUT2D eigenvalue weighted by Gasteiger charge is 2.10. The van der Waals surface area contributed by atoms with E-state index in [0.717, 1.165) is 4.47 Å². The fraction of sp³-hybridized carbons (Fsp3) is 0.211. The molecule has 0 heterocycles. The number of ether oxygens (including phenoxy) is 1. The van der Waals surface area contributed by atoms with Crippen LogP contribution in [0.3, 0.4) is 0 Å². The summed E-state index contributed by atoms with van der Waals surface area (Å²) >= 11 is 15.0. The van der Waals surface area contributed by atoms with E-state index in [0.29, 0.717) is 27.8 Å². The average Bonchev–Trinajstić information content (AvgIpc) is 2.65. The van der Waals surface area contributed by atoms with Crippen molar-refractivity contribution in [3.63, 3.8) is 0 Å². The quantitative estimate of drug-likeness (QED) is 0.510. The summed E-state index contributed by atoms with van der Waals surface area (Å²) in [4.78, 5) is 35.3. The van der Waals surface area contributed by atoms with Crippen LogP contribution in [0.4, 0.5) is 11.4 Å². The van der Waals surface area contributed by atoms with Crippen LogP contribution in [0, 0.1) is 0 Å². The van der Waals surface area contributed by atoms with Crippen LogP contribution in [0.25, 0.3) is 0 Å². The molecule has 2 N–H and O–H groups in total. The van der Waals surface area contributed by atoms with Crippen molar-refractivity contribution in [3.05, 3.63) is 57.0 Å². The molecule has 0 aromatic heterocycles. The molecule has 2 aromatic rings. The average molecular weight is 488 g/mol. The zero-order valence-electron chi connectivity index (χ0n) is 14.6. The Bertz CT molecular complexity index is 860. The molecule has 0 aliphatic rings. The summed E-state index contributed by atoms with van der Waals surface area (Å²) in [5.74, 6) is -1.25. The number of amides is 2. The van der Waals surface area contributed by atoms with Crippen LogP contribution in [0.5, 0.6) is 0 Å². The van der Waals surface area contributed by atoms with Gasteiger partial charge in [0.2, 0.25) is 5.91 Å². The van der Waals surface area contributed by atoms with Gasteiger partial charge >= 0.3 is 5.97 Å². The molecule has 148 valence electrons. The molecule has 2 aromatic carbocycles. The first-order chi connectivity index (χ1) is 13.3. The number of carbonyl (C=O) groups excluding carboxylic acids is 3. The van der Waals surface area contributed by atoms with Crippen molar-refractivity contribution < 1.29 is 19.1 Å². The van der Waals surface area contributed by atoms with Crippen LogP contribution in [0.1, 0.15) is 19.3 Å². The Morgan fingerprint density at radius 1 is 0.857 bits per heavy atom. The summed E-state index contributed by atoms with van der Waals surface area (Å²) in [5, 5.41) is 6.01. The molecular weight excluding hydrogens is 471 g/mol. The number of benzene rings is 2. The van der Waals surface area contributed by atoms with Gasteiger partial charge < -0.3 is 15.4 Å². The van der Waals surface area contributed by atoms with Gasteiger partial charge in [-0.05, 0) is 48.9 Å². The minimum absolute atomic E-state index is 0.0281. The number of carbonyl (C=O) groups is 3. The first-order valence-corrected chi connectivity index (χ1v) is 9.84. The van der Waals surface area contributed by atoms with E-state index in [4.69, 9.17) is 27.9 Å². The Morgan fingerprint density at radius 2 is 1.50 bits per heavy atom. The van der Waals surface area contributed by atoms with Crippen LogP contribution in [-0.4, -0.2) is 24.4 Å². The van der Waals surface area contributed by atoms with Crippen LogP contribution in [-0.2, 0) is 19.1 Å². The van der Waals surface area contributed by atoms with Crippen LogP contribution in [0.2, 0.25) is 10.0 Å². The molecular formula is C19H17BrCl2N2O4. The van der Waals surface area contributed by atoms with Gasteiger partial charge in [-0.25, -0.2) is 0 Å². The molecule has 0 spiro atoms. The first-order valence-electron chi connectivity index (χ1n) is 8.29. The lowest BCUT2D eigenvalue weighted by molar-refractivity contribution is -0.147. The summed E-state index contributed by atoms with van der Waals surface area (Å²) in [6.07, 6.45) is 0.446. The molecule has 0 radical (unpaired) electrons. The van der Waals surface area contributed by atoms with Gasteiger partial charge in [0, 0.05) is 28.7 Å². The zero-order chi connectivity index (χ0) is 20.5. The lowest BCUT2D eigenvalue weighted by atomic mass is 10.2. The Labute approximate surface area is 180 Å². The van der Waals surface area contributed by atoms with Gasteiger partial charge in [0.25, 0.3) is 5.91 Å². The summed E-state index contributed by atoms with van der Waals surface area (Å²) < 4.78 is 5.79. The Hall–Kier alpha value is -2.09. The lowest BCUT2D eigenvalue weighted by Crippen LogP contribution is -2.21. The van der Waals surface area contributed by atoms with E-state index in [9.17, 15) is 14.4 Å².